The van der Waals surface area contributed by atoms with Gasteiger partial charge in [-0.25, -0.2) is 0 Å². The second-order valence-electron chi connectivity index (χ2n) is 4.40. The van der Waals surface area contributed by atoms with Gasteiger partial charge in [-0.1, -0.05) is 20.8 Å². The molecule has 0 heterocycles. The molecule has 76 valence electrons. The summed E-state index contributed by atoms with van der Waals surface area (Å²) in [6.45, 7) is 6.80. The molecule has 4 heteroatoms. The average Bonchev–Trinajstić information content (AvgIpc) is 1.97. The molecule has 0 atom stereocenters. The minimum absolute atomic E-state index is 0.159. The first kappa shape index (κ1) is 11.9. The van der Waals surface area contributed by atoms with Gasteiger partial charge in [0.25, 0.3) is 0 Å². The third-order valence-corrected chi connectivity index (χ3v) is 1.75. The number of primary amides is 1. The van der Waals surface area contributed by atoms with Crippen LogP contribution in [0.15, 0.2) is 0 Å². The van der Waals surface area contributed by atoms with Crippen LogP contribution in [0.5, 0.6) is 0 Å². The lowest BCUT2D eigenvalue weighted by Crippen LogP contribution is -2.39. The van der Waals surface area contributed by atoms with E-state index in [2.05, 4.69) is 20.8 Å². The zero-order valence-corrected chi connectivity index (χ0v) is 8.76. The highest BCUT2D eigenvalue weighted by Crippen LogP contribution is 2.18. The smallest absolute Gasteiger partial charge is 0.311 e. The van der Waals surface area contributed by atoms with Crippen molar-refractivity contribution in [1.29, 1.82) is 0 Å². The van der Waals surface area contributed by atoms with Crippen LogP contribution < -0.4 is 5.73 Å². The number of nitrogens with zero attached hydrogens (tertiary/aromatic N) is 1. The van der Waals surface area contributed by atoms with Gasteiger partial charge < -0.3 is 10.6 Å². The third kappa shape index (κ3) is 5.22. The van der Waals surface area contributed by atoms with Crippen LogP contribution in [0.2, 0.25) is 0 Å². The Balaban J connectivity index is 3.95. The first-order chi connectivity index (χ1) is 5.74. The van der Waals surface area contributed by atoms with E-state index >= 15 is 0 Å². The van der Waals surface area contributed by atoms with Crippen LogP contribution in [0, 0.1) is 5.41 Å². The summed E-state index contributed by atoms with van der Waals surface area (Å²) < 4.78 is 0. The van der Waals surface area contributed by atoms with Crippen LogP contribution in [-0.2, 0) is 9.59 Å². The van der Waals surface area contributed by atoms with E-state index in [1.165, 1.54) is 4.90 Å². The number of nitrogens with two attached hydrogens (primary N) is 1. The second kappa shape index (κ2) is 4.25. The van der Waals surface area contributed by atoms with Crippen LogP contribution in [0.3, 0.4) is 0 Å². The molecular formula is C9H18N2O2. The Kier molecular flexibility index (Phi) is 3.91. The van der Waals surface area contributed by atoms with Crippen LogP contribution >= 0.6 is 0 Å². The first-order valence-corrected chi connectivity index (χ1v) is 4.29. The first-order valence-electron chi connectivity index (χ1n) is 4.29. The summed E-state index contributed by atoms with van der Waals surface area (Å²) in [5.41, 5.74) is 5.00. The molecule has 2 N–H and O–H groups in total. The van der Waals surface area contributed by atoms with Gasteiger partial charge in [-0.05, 0) is 11.8 Å². The second-order valence-corrected chi connectivity index (χ2v) is 4.40. The normalized spacial score (nSPS) is 11.1. The van der Waals surface area contributed by atoms with Crippen molar-refractivity contribution in [1.82, 2.24) is 4.90 Å². The zero-order chi connectivity index (χ0) is 10.6. The van der Waals surface area contributed by atoms with Gasteiger partial charge in [0, 0.05) is 13.6 Å². The molecule has 0 aliphatic rings. The highest BCUT2D eigenvalue weighted by molar-refractivity contribution is 6.34. The minimum atomic E-state index is -0.892. The Labute approximate surface area is 79.1 Å². The molecule has 13 heavy (non-hydrogen) atoms. The Morgan fingerprint density at radius 1 is 1.31 bits per heavy atom. The Morgan fingerprint density at radius 2 is 1.77 bits per heavy atom. The van der Waals surface area contributed by atoms with Crippen molar-refractivity contribution in [3.63, 3.8) is 0 Å². The van der Waals surface area contributed by atoms with Gasteiger partial charge in [-0.3, -0.25) is 9.59 Å². The van der Waals surface area contributed by atoms with E-state index in [9.17, 15) is 9.59 Å². The third-order valence-electron chi connectivity index (χ3n) is 1.75. The van der Waals surface area contributed by atoms with E-state index in [0.29, 0.717) is 6.54 Å². The average molecular weight is 186 g/mol. The molecule has 0 bridgehead atoms. The zero-order valence-electron chi connectivity index (χ0n) is 8.76. The number of hydrogen-bond donors (Lipinski definition) is 1. The standard InChI is InChI=1S/C9H18N2O2/c1-9(2,3)5-6-11(4)8(13)7(10)12/h5-6H2,1-4H3,(H2,10,12). The van der Waals surface area contributed by atoms with E-state index < -0.39 is 11.8 Å². The van der Waals surface area contributed by atoms with Crippen LogP contribution in [0.25, 0.3) is 0 Å². The van der Waals surface area contributed by atoms with Crippen molar-refractivity contribution >= 4 is 11.8 Å². The fourth-order valence-electron chi connectivity index (χ4n) is 0.793. The van der Waals surface area contributed by atoms with Gasteiger partial charge in [0.1, 0.15) is 0 Å². The number of rotatable bonds is 2. The Hall–Kier alpha value is -1.06. The summed E-state index contributed by atoms with van der Waals surface area (Å²) in [6, 6.07) is 0. The molecule has 0 aromatic carbocycles. The number of carbonyl (C=O) groups excluding carboxylic acids is 2. The summed E-state index contributed by atoms with van der Waals surface area (Å²) in [7, 11) is 1.58. The van der Waals surface area contributed by atoms with Crippen LogP contribution in [0.4, 0.5) is 0 Å². The van der Waals surface area contributed by atoms with E-state index in [4.69, 9.17) is 5.73 Å². The number of amides is 2. The monoisotopic (exact) mass is 186 g/mol. The molecule has 0 saturated carbocycles. The molecule has 0 unspecified atom stereocenters. The Bertz CT molecular complexity index is 206. The van der Waals surface area contributed by atoms with E-state index in [-0.39, 0.29) is 5.41 Å². The SMILES string of the molecule is CN(CCC(C)(C)C)C(=O)C(N)=O. The quantitative estimate of drug-likeness (QED) is 0.633. The number of carbonyl (C=O) groups is 2. The summed E-state index contributed by atoms with van der Waals surface area (Å²) in [4.78, 5) is 22.9. The number of likely N-dealkylation sites (N-methyl/N-ethyl adjacent to an activating group) is 1. The molecule has 0 aliphatic carbocycles. The molecule has 0 saturated heterocycles. The van der Waals surface area contributed by atoms with Gasteiger partial charge in [0.2, 0.25) is 0 Å². The lowest BCUT2D eigenvalue weighted by atomic mass is 9.92. The predicted octanol–water partition coefficient (Wildman–Crippen LogP) is 0.366. The summed E-state index contributed by atoms with van der Waals surface area (Å²) in [6.07, 6.45) is 0.850. The van der Waals surface area contributed by atoms with E-state index in [1.54, 1.807) is 7.05 Å². The summed E-state index contributed by atoms with van der Waals surface area (Å²) in [5.74, 6) is -1.51. The predicted molar refractivity (Wildman–Crippen MR) is 50.9 cm³/mol. The highest BCUT2D eigenvalue weighted by Gasteiger charge is 2.17. The largest absolute Gasteiger partial charge is 0.361 e. The van der Waals surface area contributed by atoms with Gasteiger partial charge >= 0.3 is 11.8 Å². The van der Waals surface area contributed by atoms with Crippen molar-refractivity contribution in [2.24, 2.45) is 11.1 Å². The molecular weight excluding hydrogens is 168 g/mol. The lowest BCUT2D eigenvalue weighted by Gasteiger charge is -2.22. The molecule has 0 fully saturated rings. The van der Waals surface area contributed by atoms with Gasteiger partial charge in [0.05, 0.1) is 0 Å². The maximum Gasteiger partial charge on any atom is 0.311 e. The maximum atomic E-state index is 11.0. The molecule has 0 aromatic heterocycles. The summed E-state index contributed by atoms with van der Waals surface area (Å²) >= 11 is 0. The van der Waals surface area contributed by atoms with Crippen molar-refractivity contribution in [3.05, 3.63) is 0 Å². The van der Waals surface area contributed by atoms with E-state index in [0.717, 1.165) is 6.42 Å². The molecule has 2 amide bonds. The minimum Gasteiger partial charge on any atom is -0.361 e. The van der Waals surface area contributed by atoms with Crippen molar-refractivity contribution in [2.45, 2.75) is 27.2 Å². The van der Waals surface area contributed by atoms with E-state index in [1.807, 2.05) is 0 Å². The van der Waals surface area contributed by atoms with Crippen molar-refractivity contribution in [2.75, 3.05) is 13.6 Å². The van der Waals surface area contributed by atoms with Gasteiger partial charge in [0.15, 0.2) is 0 Å². The highest BCUT2D eigenvalue weighted by atomic mass is 16.2. The topological polar surface area (TPSA) is 63.4 Å². The molecule has 4 nitrogen and oxygen atoms in total. The molecule has 0 aliphatic heterocycles. The summed E-state index contributed by atoms with van der Waals surface area (Å²) in [5, 5.41) is 0. The van der Waals surface area contributed by atoms with Crippen LogP contribution in [0.1, 0.15) is 27.2 Å². The maximum absolute atomic E-state index is 11.0. The van der Waals surface area contributed by atoms with Crippen molar-refractivity contribution in [3.8, 4) is 0 Å². The van der Waals surface area contributed by atoms with Gasteiger partial charge in [-0.15, -0.1) is 0 Å². The van der Waals surface area contributed by atoms with Crippen molar-refractivity contribution < 1.29 is 9.59 Å². The molecule has 0 rings (SSSR count). The lowest BCUT2D eigenvalue weighted by molar-refractivity contribution is -0.143. The fraction of sp³-hybridized carbons (Fsp3) is 0.778. The fourth-order valence-corrected chi connectivity index (χ4v) is 0.793. The number of hydrogen-bond acceptors (Lipinski definition) is 2. The van der Waals surface area contributed by atoms with Gasteiger partial charge in [-0.2, -0.15) is 0 Å². The molecule has 0 radical (unpaired) electrons. The van der Waals surface area contributed by atoms with Crippen LogP contribution in [-0.4, -0.2) is 30.3 Å². The Morgan fingerprint density at radius 3 is 2.08 bits per heavy atom. The molecule has 0 aromatic rings. The molecule has 0 spiro atoms.